The van der Waals surface area contributed by atoms with Crippen LogP contribution in [0.5, 0.6) is 17.2 Å². The zero-order valence-electron chi connectivity index (χ0n) is 16.3. The molecule has 0 fully saturated rings. The molecule has 3 rings (SSSR count). The van der Waals surface area contributed by atoms with Gasteiger partial charge in [0.2, 0.25) is 0 Å². The lowest BCUT2D eigenvalue weighted by atomic mass is 9.96. The third-order valence-electron chi connectivity index (χ3n) is 4.64. The fourth-order valence-electron chi connectivity index (χ4n) is 3.11. The van der Waals surface area contributed by atoms with Crippen LogP contribution in [0.2, 0.25) is 0 Å². The van der Waals surface area contributed by atoms with Crippen molar-refractivity contribution in [3.8, 4) is 17.2 Å². The van der Waals surface area contributed by atoms with E-state index in [4.69, 9.17) is 19.2 Å². The second-order valence-corrected chi connectivity index (χ2v) is 6.48. The second kappa shape index (κ2) is 9.26. The molecule has 0 saturated carbocycles. The van der Waals surface area contributed by atoms with Crippen LogP contribution in [-0.2, 0) is 6.42 Å². The van der Waals surface area contributed by atoms with E-state index in [1.54, 1.807) is 14.2 Å². The summed E-state index contributed by atoms with van der Waals surface area (Å²) in [6, 6.07) is 12.1. The summed E-state index contributed by atoms with van der Waals surface area (Å²) in [7, 11) is 3.34. The number of hydrogen-bond donors (Lipinski definition) is 0. The minimum Gasteiger partial charge on any atom is -0.497 e. The summed E-state index contributed by atoms with van der Waals surface area (Å²) in [5.74, 6) is 2.56. The minimum absolute atomic E-state index is 0.770. The Morgan fingerprint density at radius 3 is 2.63 bits per heavy atom. The van der Waals surface area contributed by atoms with E-state index in [1.165, 1.54) is 11.1 Å². The molecule has 1 aliphatic rings. The Kier molecular flexibility index (Phi) is 6.53. The van der Waals surface area contributed by atoms with Crippen molar-refractivity contribution < 1.29 is 14.2 Å². The maximum atomic E-state index is 5.84. The topological polar surface area (TPSA) is 40.0 Å². The third-order valence-corrected chi connectivity index (χ3v) is 4.64. The van der Waals surface area contributed by atoms with Crippen molar-refractivity contribution in [1.29, 1.82) is 0 Å². The first-order valence-corrected chi connectivity index (χ1v) is 9.45. The number of allylic oxidation sites excluding steroid dienone is 1. The van der Waals surface area contributed by atoms with Crippen molar-refractivity contribution in [2.45, 2.75) is 26.2 Å². The molecule has 1 heterocycles. The van der Waals surface area contributed by atoms with Crippen LogP contribution in [0, 0.1) is 0 Å². The number of ether oxygens (including phenoxy) is 3. The van der Waals surface area contributed by atoms with Crippen LogP contribution in [0.25, 0.3) is 6.08 Å². The number of benzene rings is 2. The molecule has 4 heteroatoms. The summed E-state index contributed by atoms with van der Waals surface area (Å²) in [6.07, 6.45) is 7.24. The zero-order valence-corrected chi connectivity index (χ0v) is 16.3. The van der Waals surface area contributed by atoms with E-state index in [0.29, 0.717) is 0 Å². The van der Waals surface area contributed by atoms with Crippen LogP contribution >= 0.6 is 0 Å². The van der Waals surface area contributed by atoms with Gasteiger partial charge in [-0.25, -0.2) is 0 Å². The summed E-state index contributed by atoms with van der Waals surface area (Å²) < 4.78 is 16.6. The SMILES string of the molecule is CCCCOc1ccc2c(c1)CCN=C2C=Cc1cc(OC)ccc1OC. The van der Waals surface area contributed by atoms with Gasteiger partial charge < -0.3 is 14.2 Å². The molecule has 2 aromatic rings. The standard InChI is InChI=1S/C23H27NO3/c1-4-5-14-27-20-7-9-21-17(15-20)12-13-24-22(21)10-6-18-16-19(25-2)8-11-23(18)26-3/h6-11,15-16H,4-5,12-14H2,1-3H3. The average Bonchev–Trinajstić information content (AvgIpc) is 2.72. The van der Waals surface area contributed by atoms with Crippen LogP contribution in [0.15, 0.2) is 47.5 Å². The predicted octanol–water partition coefficient (Wildman–Crippen LogP) is 4.94. The van der Waals surface area contributed by atoms with Crippen LogP contribution in [-0.4, -0.2) is 33.1 Å². The number of methoxy groups -OCH3 is 2. The predicted molar refractivity (Wildman–Crippen MR) is 111 cm³/mol. The normalized spacial score (nSPS) is 13.2. The molecule has 0 saturated heterocycles. The van der Waals surface area contributed by atoms with Crippen molar-refractivity contribution in [3.05, 3.63) is 59.2 Å². The van der Waals surface area contributed by atoms with Gasteiger partial charge in [-0.15, -0.1) is 0 Å². The van der Waals surface area contributed by atoms with E-state index >= 15 is 0 Å². The molecule has 0 bridgehead atoms. The Morgan fingerprint density at radius 2 is 1.85 bits per heavy atom. The molecule has 0 atom stereocenters. The highest BCUT2D eigenvalue weighted by Crippen LogP contribution is 2.27. The van der Waals surface area contributed by atoms with E-state index in [0.717, 1.165) is 60.9 Å². The van der Waals surface area contributed by atoms with Crippen molar-refractivity contribution in [2.24, 2.45) is 4.99 Å². The van der Waals surface area contributed by atoms with Crippen LogP contribution in [0.3, 0.4) is 0 Å². The largest absolute Gasteiger partial charge is 0.497 e. The van der Waals surface area contributed by atoms with Gasteiger partial charge in [0.15, 0.2) is 0 Å². The molecule has 1 aliphatic heterocycles. The van der Waals surface area contributed by atoms with Gasteiger partial charge in [0, 0.05) is 17.7 Å². The highest BCUT2D eigenvalue weighted by Gasteiger charge is 2.13. The Balaban J connectivity index is 1.81. The molecule has 0 unspecified atom stereocenters. The zero-order chi connectivity index (χ0) is 19.1. The average molecular weight is 365 g/mol. The van der Waals surface area contributed by atoms with Gasteiger partial charge in [-0.3, -0.25) is 4.99 Å². The molecule has 27 heavy (non-hydrogen) atoms. The first kappa shape index (κ1) is 19.0. The van der Waals surface area contributed by atoms with E-state index in [1.807, 2.05) is 36.4 Å². The molecule has 4 nitrogen and oxygen atoms in total. The fraction of sp³-hybridized carbons (Fsp3) is 0.348. The molecule has 0 spiro atoms. The molecule has 0 N–H and O–H groups in total. The lowest BCUT2D eigenvalue weighted by molar-refractivity contribution is 0.309. The molecule has 0 amide bonds. The molecular formula is C23H27NO3. The van der Waals surface area contributed by atoms with E-state index in [9.17, 15) is 0 Å². The van der Waals surface area contributed by atoms with Gasteiger partial charge in [0.05, 0.1) is 26.5 Å². The summed E-state index contributed by atoms with van der Waals surface area (Å²) in [6.45, 7) is 3.73. The Morgan fingerprint density at radius 1 is 1.00 bits per heavy atom. The van der Waals surface area contributed by atoms with Gasteiger partial charge >= 0.3 is 0 Å². The van der Waals surface area contributed by atoms with Crippen LogP contribution in [0.1, 0.15) is 36.5 Å². The quantitative estimate of drug-likeness (QED) is 0.622. The highest BCUT2D eigenvalue weighted by molar-refractivity contribution is 6.12. The summed E-state index contributed by atoms with van der Waals surface area (Å²) >= 11 is 0. The second-order valence-electron chi connectivity index (χ2n) is 6.48. The molecule has 0 radical (unpaired) electrons. The monoisotopic (exact) mass is 365 g/mol. The van der Waals surface area contributed by atoms with E-state index in [2.05, 4.69) is 19.1 Å². The molecule has 142 valence electrons. The summed E-state index contributed by atoms with van der Waals surface area (Å²) in [5.41, 5.74) is 4.41. The lowest BCUT2D eigenvalue weighted by Crippen LogP contribution is -2.11. The van der Waals surface area contributed by atoms with E-state index < -0.39 is 0 Å². The third kappa shape index (κ3) is 4.70. The van der Waals surface area contributed by atoms with Crippen molar-refractivity contribution in [2.75, 3.05) is 27.4 Å². The first-order valence-electron chi connectivity index (χ1n) is 9.45. The smallest absolute Gasteiger partial charge is 0.126 e. The molecule has 0 aromatic heterocycles. The number of aliphatic imine (C=N–C) groups is 1. The maximum absolute atomic E-state index is 5.84. The molecule has 0 aliphatic carbocycles. The fourth-order valence-corrected chi connectivity index (χ4v) is 3.11. The van der Waals surface area contributed by atoms with Crippen LogP contribution < -0.4 is 14.2 Å². The van der Waals surface area contributed by atoms with Gasteiger partial charge in [-0.2, -0.15) is 0 Å². The van der Waals surface area contributed by atoms with Gasteiger partial charge in [0.25, 0.3) is 0 Å². The number of fused-ring (bicyclic) bond motifs is 1. The van der Waals surface area contributed by atoms with Gasteiger partial charge in [-0.05, 0) is 67.0 Å². The van der Waals surface area contributed by atoms with Gasteiger partial charge in [0.1, 0.15) is 17.2 Å². The maximum Gasteiger partial charge on any atom is 0.126 e. The van der Waals surface area contributed by atoms with Crippen molar-refractivity contribution in [3.63, 3.8) is 0 Å². The van der Waals surface area contributed by atoms with Gasteiger partial charge in [-0.1, -0.05) is 13.3 Å². The highest BCUT2D eigenvalue weighted by atomic mass is 16.5. The number of nitrogens with zero attached hydrogens (tertiary/aromatic N) is 1. The van der Waals surface area contributed by atoms with Crippen molar-refractivity contribution in [1.82, 2.24) is 0 Å². The summed E-state index contributed by atoms with van der Waals surface area (Å²) in [4.78, 5) is 4.71. The Bertz CT molecular complexity index is 840. The first-order chi connectivity index (χ1) is 13.2. The molecule has 2 aromatic carbocycles. The summed E-state index contributed by atoms with van der Waals surface area (Å²) in [5, 5.41) is 0. The Hall–Kier alpha value is -2.75. The number of unbranched alkanes of at least 4 members (excludes halogenated alkanes) is 1. The van der Waals surface area contributed by atoms with Crippen LogP contribution in [0.4, 0.5) is 0 Å². The minimum atomic E-state index is 0.770. The number of rotatable bonds is 8. The van der Waals surface area contributed by atoms with Crippen molar-refractivity contribution >= 4 is 11.8 Å². The molecular weight excluding hydrogens is 338 g/mol. The number of hydrogen-bond acceptors (Lipinski definition) is 4. The Labute approximate surface area is 161 Å². The van der Waals surface area contributed by atoms with E-state index in [-0.39, 0.29) is 0 Å². The lowest BCUT2D eigenvalue weighted by Gasteiger charge is -2.16.